The van der Waals surface area contributed by atoms with Crippen LogP contribution in [0.25, 0.3) is 22.6 Å². The molecule has 2 aliphatic heterocycles. The van der Waals surface area contributed by atoms with Crippen molar-refractivity contribution in [1.29, 1.82) is 0 Å². The minimum atomic E-state index is -0.979. The molecule has 1 fully saturated rings. The first-order chi connectivity index (χ1) is 19.4. The highest BCUT2D eigenvalue weighted by Crippen LogP contribution is 2.44. The fraction of sp³-hybridized carbons (Fsp3) is 0.379. The molecule has 2 N–H and O–H groups in total. The van der Waals surface area contributed by atoms with Crippen molar-refractivity contribution in [1.82, 2.24) is 29.6 Å². The Morgan fingerprint density at radius 2 is 1.90 bits per heavy atom. The van der Waals surface area contributed by atoms with Gasteiger partial charge in [-0.2, -0.15) is 5.10 Å². The first-order valence-electron chi connectivity index (χ1n) is 13.4. The van der Waals surface area contributed by atoms with E-state index in [1.165, 1.54) is 11.0 Å². The van der Waals surface area contributed by atoms with Crippen LogP contribution in [0.15, 0.2) is 42.6 Å². The molecular weight excluding hydrogens is 527 g/mol. The third-order valence-electron chi connectivity index (χ3n) is 7.77. The van der Waals surface area contributed by atoms with E-state index in [4.69, 9.17) is 15.1 Å². The van der Waals surface area contributed by atoms with Crippen molar-refractivity contribution in [3.8, 4) is 11.5 Å². The summed E-state index contributed by atoms with van der Waals surface area (Å²) in [5.41, 5.74) is 0.662. The summed E-state index contributed by atoms with van der Waals surface area (Å²) in [5, 5.41) is 18.2. The van der Waals surface area contributed by atoms with Crippen molar-refractivity contribution >= 4 is 34.7 Å². The van der Waals surface area contributed by atoms with Gasteiger partial charge in [0.2, 0.25) is 5.91 Å². The van der Waals surface area contributed by atoms with Crippen molar-refractivity contribution in [3.05, 3.63) is 59.5 Å². The van der Waals surface area contributed by atoms with E-state index < -0.39 is 17.0 Å². The predicted octanol–water partition coefficient (Wildman–Crippen LogP) is 4.27. The molecular formula is C29H31FN8O3. The van der Waals surface area contributed by atoms with E-state index in [9.17, 15) is 19.1 Å². The number of hydrogen-bond acceptors (Lipinski definition) is 7. The van der Waals surface area contributed by atoms with Crippen molar-refractivity contribution in [3.63, 3.8) is 0 Å². The molecule has 12 heteroatoms. The van der Waals surface area contributed by atoms with Gasteiger partial charge in [-0.1, -0.05) is 18.2 Å². The van der Waals surface area contributed by atoms with Crippen LogP contribution in [0.5, 0.6) is 0 Å². The van der Waals surface area contributed by atoms with Gasteiger partial charge in [0.25, 0.3) is 0 Å². The molecule has 0 radical (unpaired) electrons. The molecule has 212 valence electrons. The number of aromatic nitrogens is 5. The second kappa shape index (κ2) is 9.22. The Bertz CT molecular complexity index is 1700. The normalized spacial score (nSPS) is 16.4. The van der Waals surface area contributed by atoms with Crippen LogP contribution in [0.3, 0.4) is 0 Å². The Morgan fingerprint density at radius 1 is 1.17 bits per heavy atom. The number of pyridine rings is 1. The standard InChI is InChI=1S/C29H31FN8O3/c1-28(2,3)38(27(40)41)17-14-36(15-17)25-20-22(34-26(39)29(20,4)5)32-23(33-25)21-18-10-8-12-31-24(18)37(35-21)13-16-9-6-7-11-19(16)30/h6-12,17H,13-15H2,1-5H3,(H,40,41)(H,32,33,34,39). The highest BCUT2D eigenvalue weighted by atomic mass is 19.1. The molecule has 0 spiro atoms. The Morgan fingerprint density at radius 3 is 2.59 bits per heavy atom. The minimum Gasteiger partial charge on any atom is -0.465 e. The zero-order valence-electron chi connectivity index (χ0n) is 23.5. The Labute approximate surface area is 236 Å². The number of nitrogens with one attached hydrogen (secondary N) is 1. The summed E-state index contributed by atoms with van der Waals surface area (Å²) in [5.74, 6) is 0.708. The van der Waals surface area contributed by atoms with Gasteiger partial charge < -0.3 is 15.3 Å². The Hall–Kier alpha value is -4.61. The summed E-state index contributed by atoms with van der Waals surface area (Å²) in [6.07, 6.45) is 0.666. The summed E-state index contributed by atoms with van der Waals surface area (Å²) >= 11 is 0. The number of amides is 2. The maximum absolute atomic E-state index is 14.5. The summed E-state index contributed by atoms with van der Waals surface area (Å²) in [6.45, 7) is 10.2. The molecule has 0 unspecified atom stereocenters. The van der Waals surface area contributed by atoms with E-state index in [-0.39, 0.29) is 30.1 Å². The highest BCUT2D eigenvalue weighted by Gasteiger charge is 2.47. The molecule has 2 aliphatic rings. The monoisotopic (exact) mass is 558 g/mol. The third kappa shape index (κ3) is 4.34. The second-order valence-corrected chi connectivity index (χ2v) is 12.0. The van der Waals surface area contributed by atoms with Crippen molar-refractivity contribution in [2.24, 2.45) is 0 Å². The number of hydrogen-bond donors (Lipinski definition) is 2. The number of benzene rings is 1. The second-order valence-electron chi connectivity index (χ2n) is 12.0. The molecule has 2 amide bonds. The van der Waals surface area contributed by atoms with Gasteiger partial charge in [0, 0.05) is 30.4 Å². The van der Waals surface area contributed by atoms with E-state index in [0.717, 1.165) is 0 Å². The van der Waals surface area contributed by atoms with Crippen LogP contribution in [0.4, 0.5) is 20.8 Å². The largest absolute Gasteiger partial charge is 0.465 e. The number of fused-ring (bicyclic) bond motifs is 2. The lowest BCUT2D eigenvalue weighted by atomic mass is 9.86. The van der Waals surface area contributed by atoms with Crippen LogP contribution >= 0.6 is 0 Å². The molecule has 0 saturated carbocycles. The zero-order chi connectivity index (χ0) is 29.3. The molecule has 0 bridgehead atoms. The molecule has 41 heavy (non-hydrogen) atoms. The number of anilines is 2. The Balaban J connectivity index is 1.44. The van der Waals surface area contributed by atoms with Crippen LogP contribution in [0.1, 0.15) is 45.7 Å². The van der Waals surface area contributed by atoms with Crippen molar-refractivity contribution in [2.75, 3.05) is 23.3 Å². The highest BCUT2D eigenvalue weighted by molar-refractivity contribution is 6.06. The van der Waals surface area contributed by atoms with Gasteiger partial charge in [-0.25, -0.2) is 28.8 Å². The Kier molecular flexibility index (Phi) is 5.98. The van der Waals surface area contributed by atoms with Gasteiger partial charge in [-0.3, -0.25) is 9.69 Å². The van der Waals surface area contributed by atoms with Crippen LogP contribution in [0, 0.1) is 5.82 Å². The maximum Gasteiger partial charge on any atom is 0.408 e. The summed E-state index contributed by atoms with van der Waals surface area (Å²) in [4.78, 5) is 42.6. The number of nitrogens with zero attached hydrogens (tertiary/aromatic N) is 7. The lowest BCUT2D eigenvalue weighted by Gasteiger charge is -2.50. The van der Waals surface area contributed by atoms with Crippen LogP contribution in [-0.2, 0) is 16.8 Å². The first kappa shape index (κ1) is 26.6. The average Bonchev–Trinajstić information content (AvgIpc) is 3.35. The van der Waals surface area contributed by atoms with Gasteiger partial charge in [-0.15, -0.1) is 0 Å². The quantitative estimate of drug-likeness (QED) is 0.372. The number of carbonyl (C=O) groups excluding carboxylic acids is 1. The number of carbonyl (C=O) groups is 2. The first-order valence-corrected chi connectivity index (χ1v) is 13.4. The number of rotatable bonds is 5. The lowest BCUT2D eigenvalue weighted by molar-refractivity contribution is -0.119. The third-order valence-corrected chi connectivity index (χ3v) is 7.77. The minimum absolute atomic E-state index is 0.160. The summed E-state index contributed by atoms with van der Waals surface area (Å²) in [6, 6.07) is 9.91. The smallest absolute Gasteiger partial charge is 0.408 e. The van der Waals surface area contributed by atoms with Gasteiger partial charge in [0.1, 0.15) is 23.1 Å². The molecule has 0 atom stereocenters. The van der Waals surface area contributed by atoms with Crippen molar-refractivity contribution in [2.45, 2.75) is 58.2 Å². The van der Waals surface area contributed by atoms with Crippen molar-refractivity contribution < 1.29 is 19.1 Å². The van der Waals surface area contributed by atoms with E-state index >= 15 is 0 Å². The molecule has 6 rings (SSSR count). The van der Waals surface area contributed by atoms with E-state index in [0.29, 0.717) is 52.6 Å². The summed E-state index contributed by atoms with van der Waals surface area (Å²) in [7, 11) is 0. The van der Waals surface area contributed by atoms with Crippen LogP contribution < -0.4 is 10.2 Å². The molecule has 5 heterocycles. The van der Waals surface area contributed by atoms with Gasteiger partial charge in [-0.05, 0) is 52.8 Å². The van der Waals surface area contributed by atoms with E-state index in [1.807, 2.05) is 45.6 Å². The molecule has 0 aliphatic carbocycles. The summed E-state index contributed by atoms with van der Waals surface area (Å²) < 4.78 is 16.1. The zero-order valence-corrected chi connectivity index (χ0v) is 23.5. The molecule has 3 aromatic heterocycles. The molecule has 11 nitrogen and oxygen atoms in total. The maximum atomic E-state index is 14.5. The van der Waals surface area contributed by atoms with Gasteiger partial charge in [0.05, 0.1) is 29.0 Å². The van der Waals surface area contributed by atoms with Crippen LogP contribution in [0.2, 0.25) is 0 Å². The predicted molar refractivity (Wildman–Crippen MR) is 151 cm³/mol. The van der Waals surface area contributed by atoms with E-state index in [1.54, 1.807) is 35.1 Å². The van der Waals surface area contributed by atoms with Crippen LogP contribution in [-0.4, -0.2) is 71.4 Å². The van der Waals surface area contributed by atoms with Gasteiger partial charge in [0.15, 0.2) is 11.5 Å². The lowest BCUT2D eigenvalue weighted by Crippen LogP contribution is -2.65. The number of carboxylic acid groups (broad SMARTS) is 1. The topological polar surface area (TPSA) is 129 Å². The van der Waals surface area contributed by atoms with Gasteiger partial charge >= 0.3 is 6.09 Å². The fourth-order valence-electron chi connectivity index (χ4n) is 5.68. The molecule has 1 saturated heterocycles. The molecule has 4 aromatic rings. The SMILES string of the molecule is CC1(C)C(=O)Nc2nc(-c3nn(Cc4ccccc4F)c4ncccc34)nc(N3CC(N(C(=O)O)C(C)(C)C)C3)c21. The fourth-order valence-corrected chi connectivity index (χ4v) is 5.68. The number of halogens is 1. The molecule has 1 aromatic carbocycles. The average molecular weight is 559 g/mol. The van der Waals surface area contributed by atoms with E-state index in [2.05, 4.69) is 10.3 Å².